The van der Waals surface area contributed by atoms with Gasteiger partial charge in [-0.3, -0.25) is 10.1 Å². The molecule has 2 rings (SSSR count). The zero-order valence-corrected chi connectivity index (χ0v) is 10.8. The average Bonchev–Trinajstić information content (AvgIpc) is 3.11. The standard InChI is InChI=1S/C13H16N2O4/c1-8-5-10(7-11(6-8)15(18)19)14-13(2,12(16)17)9-3-4-9/h5-7,9,14H,3-4H2,1-2H3,(H,16,17). The molecular formula is C13H16N2O4. The number of hydrogen-bond acceptors (Lipinski definition) is 4. The van der Waals surface area contributed by atoms with Crippen LogP contribution in [-0.4, -0.2) is 21.5 Å². The van der Waals surface area contributed by atoms with E-state index in [4.69, 9.17) is 0 Å². The molecule has 1 aliphatic carbocycles. The molecule has 0 radical (unpaired) electrons. The molecule has 1 unspecified atom stereocenters. The Kier molecular flexibility index (Phi) is 3.18. The molecule has 0 amide bonds. The van der Waals surface area contributed by atoms with Crippen LogP contribution in [0.4, 0.5) is 11.4 Å². The molecule has 0 aliphatic heterocycles. The first-order valence-electron chi connectivity index (χ1n) is 6.10. The lowest BCUT2D eigenvalue weighted by Gasteiger charge is -2.27. The number of nitrogens with zero attached hydrogens (tertiary/aromatic N) is 1. The number of anilines is 1. The second-order valence-electron chi connectivity index (χ2n) is 5.22. The molecule has 0 spiro atoms. The van der Waals surface area contributed by atoms with Crippen LogP contribution in [-0.2, 0) is 4.79 Å². The van der Waals surface area contributed by atoms with Gasteiger partial charge >= 0.3 is 5.97 Å². The summed E-state index contributed by atoms with van der Waals surface area (Å²) < 4.78 is 0. The Bertz CT molecular complexity index is 539. The van der Waals surface area contributed by atoms with Crippen LogP contribution in [0.25, 0.3) is 0 Å². The Labute approximate surface area is 110 Å². The molecule has 19 heavy (non-hydrogen) atoms. The van der Waals surface area contributed by atoms with E-state index in [1.807, 2.05) is 0 Å². The lowest BCUT2D eigenvalue weighted by molar-refractivity contribution is -0.384. The molecule has 1 aliphatic rings. The second kappa shape index (κ2) is 4.53. The summed E-state index contributed by atoms with van der Waals surface area (Å²) in [4.78, 5) is 21.7. The number of nitrogens with one attached hydrogen (secondary N) is 1. The van der Waals surface area contributed by atoms with E-state index in [-0.39, 0.29) is 11.6 Å². The first-order chi connectivity index (χ1) is 8.83. The molecule has 0 heterocycles. The number of benzene rings is 1. The van der Waals surface area contributed by atoms with Crippen molar-refractivity contribution in [3.63, 3.8) is 0 Å². The summed E-state index contributed by atoms with van der Waals surface area (Å²) in [6.07, 6.45) is 1.73. The summed E-state index contributed by atoms with van der Waals surface area (Å²) in [5.74, 6) is -0.858. The number of nitro benzene ring substituents is 1. The van der Waals surface area contributed by atoms with Gasteiger partial charge in [0, 0.05) is 17.8 Å². The molecule has 1 aromatic rings. The van der Waals surface area contributed by atoms with Gasteiger partial charge in [-0.15, -0.1) is 0 Å². The number of hydrogen-bond donors (Lipinski definition) is 2. The van der Waals surface area contributed by atoms with E-state index < -0.39 is 16.4 Å². The molecule has 6 heteroatoms. The van der Waals surface area contributed by atoms with E-state index in [9.17, 15) is 20.0 Å². The van der Waals surface area contributed by atoms with Crippen LogP contribution >= 0.6 is 0 Å². The molecule has 1 aromatic carbocycles. The first-order valence-corrected chi connectivity index (χ1v) is 6.10. The van der Waals surface area contributed by atoms with E-state index in [0.29, 0.717) is 5.69 Å². The Morgan fingerprint density at radius 3 is 2.58 bits per heavy atom. The third kappa shape index (κ3) is 2.67. The second-order valence-corrected chi connectivity index (χ2v) is 5.22. The predicted molar refractivity (Wildman–Crippen MR) is 70.2 cm³/mol. The number of nitro groups is 1. The van der Waals surface area contributed by atoms with E-state index in [1.165, 1.54) is 12.1 Å². The molecule has 102 valence electrons. The van der Waals surface area contributed by atoms with Crippen LogP contribution in [0.5, 0.6) is 0 Å². The average molecular weight is 264 g/mol. The maximum absolute atomic E-state index is 11.4. The highest BCUT2D eigenvalue weighted by Crippen LogP contribution is 2.42. The summed E-state index contributed by atoms with van der Waals surface area (Å²) >= 11 is 0. The van der Waals surface area contributed by atoms with Gasteiger partial charge in [0.2, 0.25) is 0 Å². The Morgan fingerprint density at radius 2 is 2.11 bits per heavy atom. The number of aliphatic carboxylic acids is 1. The van der Waals surface area contributed by atoms with Crippen molar-refractivity contribution >= 4 is 17.3 Å². The van der Waals surface area contributed by atoms with Crippen molar-refractivity contribution < 1.29 is 14.8 Å². The predicted octanol–water partition coefficient (Wildman–Crippen LogP) is 2.57. The van der Waals surface area contributed by atoms with Crippen molar-refractivity contribution in [2.75, 3.05) is 5.32 Å². The Hall–Kier alpha value is -2.11. The summed E-state index contributed by atoms with van der Waals surface area (Å²) in [7, 11) is 0. The van der Waals surface area contributed by atoms with Crippen LogP contribution in [0, 0.1) is 23.0 Å². The van der Waals surface area contributed by atoms with Crippen LogP contribution in [0.2, 0.25) is 0 Å². The van der Waals surface area contributed by atoms with Crippen molar-refractivity contribution in [1.29, 1.82) is 0 Å². The molecule has 0 bridgehead atoms. The third-order valence-corrected chi connectivity index (χ3v) is 3.52. The van der Waals surface area contributed by atoms with Gasteiger partial charge in [0.15, 0.2) is 0 Å². The third-order valence-electron chi connectivity index (χ3n) is 3.52. The summed E-state index contributed by atoms with van der Waals surface area (Å²) in [6.45, 7) is 3.37. The number of aryl methyl sites for hydroxylation is 1. The first kappa shape index (κ1) is 13.3. The van der Waals surface area contributed by atoms with Crippen LogP contribution in [0.15, 0.2) is 18.2 Å². The van der Waals surface area contributed by atoms with Crippen LogP contribution < -0.4 is 5.32 Å². The fourth-order valence-corrected chi connectivity index (χ4v) is 2.23. The highest BCUT2D eigenvalue weighted by Gasteiger charge is 2.47. The van der Waals surface area contributed by atoms with E-state index in [2.05, 4.69) is 5.32 Å². The lowest BCUT2D eigenvalue weighted by Crippen LogP contribution is -2.45. The minimum absolute atomic E-state index is 0.0361. The zero-order valence-electron chi connectivity index (χ0n) is 10.8. The Morgan fingerprint density at radius 1 is 1.47 bits per heavy atom. The molecule has 1 saturated carbocycles. The fourth-order valence-electron chi connectivity index (χ4n) is 2.23. The zero-order chi connectivity index (χ0) is 14.2. The van der Waals surface area contributed by atoms with E-state index in [1.54, 1.807) is 19.9 Å². The number of carbonyl (C=O) groups is 1. The van der Waals surface area contributed by atoms with Gasteiger partial charge in [-0.2, -0.15) is 0 Å². The van der Waals surface area contributed by atoms with Crippen molar-refractivity contribution in [2.45, 2.75) is 32.2 Å². The highest BCUT2D eigenvalue weighted by atomic mass is 16.6. The van der Waals surface area contributed by atoms with Gasteiger partial charge < -0.3 is 10.4 Å². The fraction of sp³-hybridized carbons (Fsp3) is 0.462. The van der Waals surface area contributed by atoms with Gasteiger partial charge in [0.05, 0.1) is 4.92 Å². The number of rotatable bonds is 5. The van der Waals surface area contributed by atoms with Gasteiger partial charge in [-0.1, -0.05) is 0 Å². The minimum Gasteiger partial charge on any atom is -0.480 e. The molecule has 1 atom stereocenters. The van der Waals surface area contributed by atoms with E-state index in [0.717, 1.165) is 18.4 Å². The molecule has 6 nitrogen and oxygen atoms in total. The SMILES string of the molecule is Cc1cc(NC(C)(C(=O)O)C2CC2)cc([N+](=O)[O-])c1. The van der Waals surface area contributed by atoms with Gasteiger partial charge in [0.1, 0.15) is 5.54 Å². The molecule has 1 fully saturated rings. The van der Waals surface area contributed by atoms with Gasteiger partial charge in [-0.25, -0.2) is 4.79 Å². The smallest absolute Gasteiger partial charge is 0.329 e. The maximum atomic E-state index is 11.4. The van der Waals surface area contributed by atoms with Gasteiger partial charge in [0.25, 0.3) is 5.69 Å². The quantitative estimate of drug-likeness (QED) is 0.629. The maximum Gasteiger partial charge on any atom is 0.329 e. The normalized spacial score (nSPS) is 17.6. The number of carboxylic acid groups (broad SMARTS) is 1. The summed E-state index contributed by atoms with van der Waals surface area (Å²) in [5, 5.41) is 23.1. The van der Waals surface area contributed by atoms with Crippen molar-refractivity contribution in [1.82, 2.24) is 0 Å². The lowest BCUT2D eigenvalue weighted by atomic mass is 9.95. The minimum atomic E-state index is -1.07. The highest BCUT2D eigenvalue weighted by molar-refractivity contribution is 5.83. The van der Waals surface area contributed by atoms with Crippen molar-refractivity contribution in [3.8, 4) is 0 Å². The molecule has 0 aromatic heterocycles. The van der Waals surface area contributed by atoms with Crippen molar-refractivity contribution in [3.05, 3.63) is 33.9 Å². The Balaban J connectivity index is 2.31. The van der Waals surface area contributed by atoms with Crippen LogP contribution in [0.3, 0.4) is 0 Å². The molecule has 2 N–H and O–H groups in total. The molecular weight excluding hydrogens is 248 g/mol. The topological polar surface area (TPSA) is 92.5 Å². The number of non-ortho nitro benzene ring substituents is 1. The largest absolute Gasteiger partial charge is 0.480 e. The summed E-state index contributed by atoms with van der Waals surface area (Å²) in [5.41, 5.74) is 0.0940. The monoisotopic (exact) mass is 264 g/mol. The summed E-state index contributed by atoms with van der Waals surface area (Å²) in [6, 6.07) is 4.55. The van der Waals surface area contributed by atoms with E-state index >= 15 is 0 Å². The molecule has 0 saturated heterocycles. The number of carboxylic acids is 1. The van der Waals surface area contributed by atoms with Crippen molar-refractivity contribution in [2.24, 2.45) is 5.92 Å². The van der Waals surface area contributed by atoms with Crippen LogP contribution in [0.1, 0.15) is 25.3 Å². The van der Waals surface area contributed by atoms with Gasteiger partial charge in [-0.05, 0) is 44.2 Å².